The number of benzene rings is 8. The van der Waals surface area contributed by atoms with Gasteiger partial charge in [0.2, 0.25) is 0 Å². The van der Waals surface area contributed by atoms with Gasteiger partial charge < -0.3 is 13.8 Å². The highest BCUT2D eigenvalue weighted by Crippen LogP contribution is 2.58. The zero-order valence-corrected chi connectivity index (χ0v) is 41.2. The van der Waals surface area contributed by atoms with Crippen LogP contribution in [0.3, 0.4) is 0 Å². The third kappa shape index (κ3) is 4.91. The quantitative estimate of drug-likeness (QED) is 0.153. The van der Waals surface area contributed by atoms with Crippen LogP contribution in [0, 0.1) is 0 Å². The monoisotopic (exact) mass is 896 g/mol. The summed E-state index contributed by atoms with van der Waals surface area (Å²) < 4.78 is 11.9. The van der Waals surface area contributed by atoms with Gasteiger partial charge >= 0.3 is 6.85 Å². The summed E-state index contributed by atoms with van der Waals surface area (Å²) in [6, 6.07) is 52.2. The Morgan fingerprint density at radius 3 is 2.01 bits per heavy atom. The number of nitrogens with zero attached hydrogens (tertiary/aromatic N) is 2. The zero-order chi connectivity index (χ0) is 46.1. The van der Waals surface area contributed by atoms with Crippen molar-refractivity contribution in [1.29, 1.82) is 0 Å². The summed E-state index contributed by atoms with van der Waals surface area (Å²) in [6.07, 6.45) is 2.40. The first-order chi connectivity index (χ1) is 32.6. The SMILES string of the molecule is CC(C)(C)c1ccc(N2B3c4cc5c(cc4-n4c6cc7oc8ccccc8c7cc6c6ccc(c3c64)-c3cc4c(cc32)C(C)(C)c2cc3c(cc2-4)C(C)(C)CCC3(C)C)sc2ccccc25)cc1. The Kier molecular flexibility index (Phi) is 7.28. The lowest BCUT2D eigenvalue weighted by molar-refractivity contribution is 0.331. The number of para-hydroxylation sites is 1. The smallest absolute Gasteiger partial charge is 0.333 e. The van der Waals surface area contributed by atoms with Crippen molar-refractivity contribution in [3.05, 3.63) is 161 Å². The van der Waals surface area contributed by atoms with E-state index >= 15 is 0 Å². The summed E-state index contributed by atoms with van der Waals surface area (Å²) in [6.45, 7) is 21.7. The lowest BCUT2D eigenvalue weighted by Gasteiger charge is -2.42. The predicted octanol–water partition coefficient (Wildman–Crippen LogP) is 16.2. The van der Waals surface area contributed by atoms with Crippen LogP contribution in [0.1, 0.15) is 103 Å². The highest BCUT2D eigenvalue weighted by molar-refractivity contribution is 7.26. The minimum absolute atomic E-state index is 0.0323. The number of fused-ring (bicyclic) bond motifs is 18. The van der Waals surface area contributed by atoms with Gasteiger partial charge in [-0.1, -0.05) is 135 Å². The second kappa shape index (κ2) is 12.6. The van der Waals surface area contributed by atoms with Crippen molar-refractivity contribution >= 4 is 104 Å². The number of rotatable bonds is 1. The molecule has 0 N–H and O–H groups in total. The van der Waals surface area contributed by atoms with Gasteiger partial charge in [-0.3, -0.25) is 0 Å². The Morgan fingerprint density at radius 2 is 1.24 bits per heavy atom. The molecule has 0 saturated carbocycles. The largest absolute Gasteiger partial charge is 0.456 e. The molecule has 2 aliphatic carbocycles. The summed E-state index contributed by atoms with van der Waals surface area (Å²) in [7, 11) is 0. The Hall–Kier alpha value is -6.56. The summed E-state index contributed by atoms with van der Waals surface area (Å²) in [4.78, 5) is 2.74. The maximum absolute atomic E-state index is 6.66. The topological polar surface area (TPSA) is 21.3 Å². The molecule has 5 heteroatoms. The van der Waals surface area contributed by atoms with Gasteiger partial charge in [-0.2, -0.15) is 0 Å². The van der Waals surface area contributed by atoms with Gasteiger partial charge in [-0.15, -0.1) is 11.3 Å². The van der Waals surface area contributed by atoms with Crippen LogP contribution in [0.4, 0.5) is 11.4 Å². The minimum atomic E-state index is -0.182. The molecule has 0 amide bonds. The molecule has 15 rings (SSSR count). The van der Waals surface area contributed by atoms with Crippen molar-refractivity contribution in [1.82, 2.24) is 4.57 Å². The highest BCUT2D eigenvalue weighted by Gasteiger charge is 2.48. The number of furan rings is 1. The van der Waals surface area contributed by atoms with Crippen molar-refractivity contribution in [2.24, 2.45) is 0 Å². The molecule has 5 heterocycles. The number of thiophene rings is 1. The van der Waals surface area contributed by atoms with Crippen LogP contribution in [0.25, 0.3) is 91.9 Å². The Morgan fingerprint density at radius 1 is 0.529 bits per heavy atom. The first kappa shape index (κ1) is 39.4. The molecule has 0 unspecified atom stereocenters. The summed E-state index contributed by atoms with van der Waals surface area (Å²) >= 11 is 1.90. The summed E-state index contributed by atoms with van der Waals surface area (Å²) in [5.74, 6) is 0. The predicted molar refractivity (Wildman–Crippen MR) is 292 cm³/mol. The van der Waals surface area contributed by atoms with Gasteiger partial charge in [-0.05, 0) is 139 Å². The van der Waals surface area contributed by atoms with Crippen molar-refractivity contribution in [3.63, 3.8) is 0 Å². The Bertz CT molecular complexity index is 4110. The van der Waals surface area contributed by atoms with Gasteiger partial charge in [0, 0.05) is 75.8 Å². The van der Waals surface area contributed by atoms with Crippen LogP contribution in [0.15, 0.2) is 138 Å². The van der Waals surface area contributed by atoms with E-state index in [1.165, 1.54) is 133 Å². The second-order valence-electron chi connectivity index (χ2n) is 23.5. The van der Waals surface area contributed by atoms with Gasteiger partial charge in [-0.25, -0.2) is 0 Å². The van der Waals surface area contributed by atoms with E-state index < -0.39 is 0 Å². The van der Waals surface area contributed by atoms with E-state index in [0.717, 1.165) is 21.9 Å². The average Bonchev–Trinajstić information content (AvgIpc) is 4.03. The third-order valence-electron chi connectivity index (χ3n) is 17.4. The van der Waals surface area contributed by atoms with E-state index in [2.05, 4.69) is 205 Å². The molecule has 3 nitrogen and oxygen atoms in total. The second-order valence-corrected chi connectivity index (χ2v) is 24.6. The highest BCUT2D eigenvalue weighted by atomic mass is 32.1. The molecule has 11 aromatic rings. The third-order valence-corrected chi connectivity index (χ3v) is 18.5. The lowest BCUT2D eigenvalue weighted by Crippen LogP contribution is -2.60. The van der Waals surface area contributed by atoms with Gasteiger partial charge in [0.05, 0.1) is 11.0 Å². The fraction of sp³-hybridized carbons (Fsp3) is 0.238. The normalized spacial score (nSPS) is 17.1. The maximum atomic E-state index is 6.66. The number of anilines is 2. The van der Waals surface area contributed by atoms with Gasteiger partial charge in [0.15, 0.2) is 0 Å². The lowest BCUT2D eigenvalue weighted by atomic mass is 9.44. The van der Waals surface area contributed by atoms with E-state index in [0.29, 0.717) is 0 Å². The first-order valence-electron chi connectivity index (χ1n) is 24.7. The van der Waals surface area contributed by atoms with Gasteiger partial charge in [0.1, 0.15) is 11.2 Å². The number of aromatic nitrogens is 1. The van der Waals surface area contributed by atoms with Crippen LogP contribution in [0.5, 0.6) is 0 Å². The van der Waals surface area contributed by atoms with Gasteiger partial charge in [0.25, 0.3) is 0 Å². The molecule has 0 atom stereocenters. The molecular formula is C63H53BN2OS. The zero-order valence-electron chi connectivity index (χ0n) is 40.4. The average molecular weight is 897 g/mol. The minimum Gasteiger partial charge on any atom is -0.456 e. The molecule has 2 aliphatic heterocycles. The molecule has 0 radical (unpaired) electrons. The fourth-order valence-electron chi connectivity index (χ4n) is 13.5. The van der Waals surface area contributed by atoms with E-state index in [-0.39, 0.29) is 28.5 Å². The molecule has 3 aromatic heterocycles. The van der Waals surface area contributed by atoms with Crippen molar-refractivity contribution < 1.29 is 4.42 Å². The number of hydrogen-bond donors (Lipinski definition) is 0. The Balaban J connectivity index is 1.09. The molecule has 8 aromatic carbocycles. The van der Waals surface area contributed by atoms with Crippen LogP contribution in [0.2, 0.25) is 0 Å². The van der Waals surface area contributed by atoms with E-state index in [9.17, 15) is 0 Å². The molecule has 4 aliphatic rings. The molecule has 68 heavy (non-hydrogen) atoms. The molecule has 0 saturated heterocycles. The van der Waals surface area contributed by atoms with Crippen LogP contribution in [-0.4, -0.2) is 11.4 Å². The van der Waals surface area contributed by atoms with Crippen LogP contribution < -0.4 is 15.7 Å². The van der Waals surface area contributed by atoms with Crippen LogP contribution >= 0.6 is 11.3 Å². The van der Waals surface area contributed by atoms with Crippen molar-refractivity contribution in [2.75, 3.05) is 4.81 Å². The van der Waals surface area contributed by atoms with Crippen molar-refractivity contribution in [2.45, 2.75) is 96.8 Å². The molecule has 0 bridgehead atoms. The molecule has 330 valence electrons. The van der Waals surface area contributed by atoms with E-state index in [4.69, 9.17) is 4.42 Å². The summed E-state index contributed by atoms with van der Waals surface area (Å²) in [5.41, 5.74) is 23.6. The van der Waals surface area contributed by atoms with E-state index in [1.807, 2.05) is 11.3 Å². The fourth-order valence-corrected chi connectivity index (χ4v) is 14.6. The molecule has 0 spiro atoms. The summed E-state index contributed by atoms with van der Waals surface area (Å²) in [5, 5.41) is 7.52. The van der Waals surface area contributed by atoms with E-state index in [1.54, 1.807) is 0 Å². The molecular weight excluding hydrogens is 844 g/mol. The maximum Gasteiger partial charge on any atom is 0.333 e. The Labute approximate surface area is 402 Å². The van der Waals surface area contributed by atoms with Crippen molar-refractivity contribution in [3.8, 4) is 27.9 Å². The van der Waals surface area contributed by atoms with Crippen LogP contribution in [-0.2, 0) is 21.7 Å². The standard InChI is InChI=1S/C63H53BN2OS/c1-60(2,3)34-18-20-35(21-19-34)66-52-31-47-40(41-28-48-49(30-46(41)63(47,8)9)62(6,7)25-24-61(48,4)5)26-42(52)38-22-23-39-43-27-44-36-14-10-12-16-54(36)67-55(44)32-51(43)65-53-33-57-45(37-15-11-13-17-56(37)68-57)29-50(53)64(66)58(38)59(39)65/h10-23,26-33H,24-25H2,1-9H3. The number of hydrogen-bond acceptors (Lipinski definition) is 3. The first-order valence-corrected chi connectivity index (χ1v) is 25.5. The molecule has 0 fully saturated rings.